The highest BCUT2D eigenvalue weighted by Gasteiger charge is 2.29. The number of aryl methyl sites for hydroxylation is 2. The third kappa shape index (κ3) is 4.69. The second kappa shape index (κ2) is 8.88. The van der Waals surface area contributed by atoms with E-state index >= 15 is 0 Å². The van der Waals surface area contributed by atoms with Crippen LogP contribution in [-0.4, -0.2) is 40.6 Å². The molecule has 0 aliphatic rings. The molecule has 0 radical (unpaired) electrons. The van der Waals surface area contributed by atoms with Crippen molar-refractivity contribution >= 4 is 27.6 Å². The number of methoxy groups -OCH3 is 1. The third-order valence-corrected chi connectivity index (χ3v) is 5.87. The van der Waals surface area contributed by atoms with Crippen molar-refractivity contribution in [3.8, 4) is 0 Å². The lowest BCUT2D eigenvalue weighted by Crippen LogP contribution is -2.37. The zero-order valence-electron chi connectivity index (χ0n) is 16.3. The van der Waals surface area contributed by atoms with Crippen molar-refractivity contribution in [2.75, 3.05) is 24.6 Å². The van der Waals surface area contributed by atoms with Gasteiger partial charge in [0, 0.05) is 0 Å². The van der Waals surface area contributed by atoms with Crippen LogP contribution >= 0.6 is 0 Å². The highest BCUT2D eigenvalue weighted by Crippen LogP contribution is 2.28. The molecular formula is C20H23NO6S. The minimum absolute atomic E-state index is 0.0305. The molecule has 0 bridgehead atoms. The standard InChI is InChI=1S/C20H23NO6S/c1-5-27-20(23)16-9-8-15(3)18(12-16)21(13-19(22)26-4)28(24,25)17-10-6-14(2)7-11-17/h6-12H,5,13H2,1-4H3. The van der Waals surface area contributed by atoms with E-state index in [4.69, 9.17) is 4.74 Å². The summed E-state index contributed by atoms with van der Waals surface area (Å²) < 4.78 is 37.1. The van der Waals surface area contributed by atoms with Gasteiger partial charge in [-0.05, 0) is 50.6 Å². The lowest BCUT2D eigenvalue weighted by molar-refractivity contribution is -0.138. The van der Waals surface area contributed by atoms with Crippen LogP contribution in [0, 0.1) is 13.8 Å². The maximum Gasteiger partial charge on any atom is 0.338 e. The van der Waals surface area contributed by atoms with E-state index in [1.807, 2.05) is 6.92 Å². The van der Waals surface area contributed by atoms with Crippen LogP contribution < -0.4 is 4.31 Å². The molecule has 2 aromatic carbocycles. The lowest BCUT2D eigenvalue weighted by atomic mass is 10.1. The van der Waals surface area contributed by atoms with Gasteiger partial charge in [-0.15, -0.1) is 0 Å². The maximum absolute atomic E-state index is 13.3. The summed E-state index contributed by atoms with van der Waals surface area (Å²) in [5.74, 6) is -1.30. The van der Waals surface area contributed by atoms with Crippen LogP contribution in [0.4, 0.5) is 5.69 Å². The Morgan fingerprint density at radius 2 is 1.68 bits per heavy atom. The molecule has 0 heterocycles. The van der Waals surface area contributed by atoms with Crippen molar-refractivity contribution in [3.05, 3.63) is 59.2 Å². The molecule has 0 aliphatic heterocycles. The highest BCUT2D eigenvalue weighted by atomic mass is 32.2. The van der Waals surface area contributed by atoms with E-state index in [0.717, 1.165) is 9.87 Å². The summed E-state index contributed by atoms with van der Waals surface area (Å²) in [6.45, 7) is 4.88. The summed E-state index contributed by atoms with van der Waals surface area (Å²) in [6.07, 6.45) is 0. The number of hydrogen-bond acceptors (Lipinski definition) is 6. The summed E-state index contributed by atoms with van der Waals surface area (Å²) in [4.78, 5) is 24.1. The SMILES string of the molecule is CCOC(=O)c1ccc(C)c(N(CC(=O)OC)S(=O)(=O)c2ccc(C)cc2)c1. The second-order valence-corrected chi connectivity index (χ2v) is 7.98. The Balaban J connectivity index is 2.60. The molecule has 0 amide bonds. The van der Waals surface area contributed by atoms with Crippen molar-refractivity contribution in [3.63, 3.8) is 0 Å². The normalized spacial score (nSPS) is 11.0. The Labute approximate surface area is 164 Å². The molecule has 0 aromatic heterocycles. The Kier molecular flexibility index (Phi) is 6.80. The largest absolute Gasteiger partial charge is 0.468 e. The number of nitrogens with zero attached hydrogens (tertiary/aromatic N) is 1. The number of ether oxygens (including phenoxy) is 2. The van der Waals surface area contributed by atoms with E-state index in [-0.39, 0.29) is 22.8 Å². The molecule has 0 atom stereocenters. The van der Waals surface area contributed by atoms with Gasteiger partial charge >= 0.3 is 11.9 Å². The van der Waals surface area contributed by atoms with Crippen molar-refractivity contribution in [1.82, 2.24) is 0 Å². The van der Waals surface area contributed by atoms with Crippen LogP contribution in [0.1, 0.15) is 28.4 Å². The van der Waals surface area contributed by atoms with Gasteiger partial charge in [-0.3, -0.25) is 9.10 Å². The average Bonchev–Trinajstić information content (AvgIpc) is 2.67. The summed E-state index contributed by atoms with van der Waals surface area (Å²) in [5, 5.41) is 0. The molecule has 7 nitrogen and oxygen atoms in total. The average molecular weight is 405 g/mol. The molecule has 0 fully saturated rings. The molecule has 0 saturated heterocycles. The molecular weight excluding hydrogens is 382 g/mol. The van der Waals surface area contributed by atoms with E-state index in [1.54, 1.807) is 38.1 Å². The summed E-state index contributed by atoms with van der Waals surface area (Å²) in [6, 6.07) is 10.8. The lowest BCUT2D eigenvalue weighted by Gasteiger charge is -2.25. The van der Waals surface area contributed by atoms with Gasteiger partial charge in [0.2, 0.25) is 0 Å². The van der Waals surface area contributed by atoms with Crippen LogP contribution in [0.5, 0.6) is 0 Å². The van der Waals surface area contributed by atoms with Crippen LogP contribution in [0.25, 0.3) is 0 Å². The molecule has 0 unspecified atom stereocenters. The molecule has 0 N–H and O–H groups in total. The predicted molar refractivity (Wildman–Crippen MR) is 105 cm³/mol. The summed E-state index contributed by atoms with van der Waals surface area (Å²) in [7, 11) is -2.89. The Morgan fingerprint density at radius 1 is 1.04 bits per heavy atom. The van der Waals surface area contributed by atoms with Gasteiger partial charge in [-0.25, -0.2) is 13.2 Å². The number of anilines is 1. The number of carbonyl (C=O) groups is 2. The van der Waals surface area contributed by atoms with E-state index in [9.17, 15) is 18.0 Å². The topological polar surface area (TPSA) is 90.0 Å². The van der Waals surface area contributed by atoms with E-state index in [1.165, 1.54) is 25.3 Å². The van der Waals surface area contributed by atoms with E-state index < -0.39 is 28.5 Å². The fraction of sp³-hybridized carbons (Fsp3) is 0.300. The minimum Gasteiger partial charge on any atom is -0.468 e. The number of carbonyl (C=O) groups excluding carboxylic acids is 2. The van der Waals surface area contributed by atoms with Gasteiger partial charge in [0.1, 0.15) is 6.54 Å². The monoisotopic (exact) mass is 405 g/mol. The molecule has 8 heteroatoms. The first kappa shape index (κ1) is 21.4. The van der Waals surface area contributed by atoms with E-state index in [2.05, 4.69) is 4.74 Å². The Morgan fingerprint density at radius 3 is 2.25 bits per heavy atom. The third-order valence-electron chi connectivity index (χ3n) is 4.10. The van der Waals surface area contributed by atoms with Crippen molar-refractivity contribution in [2.45, 2.75) is 25.7 Å². The molecule has 150 valence electrons. The van der Waals surface area contributed by atoms with Gasteiger partial charge in [-0.1, -0.05) is 23.8 Å². The number of esters is 2. The fourth-order valence-electron chi connectivity index (χ4n) is 2.54. The molecule has 0 spiro atoms. The molecule has 28 heavy (non-hydrogen) atoms. The zero-order valence-corrected chi connectivity index (χ0v) is 17.1. The van der Waals surface area contributed by atoms with Gasteiger partial charge in [0.15, 0.2) is 0 Å². The highest BCUT2D eigenvalue weighted by molar-refractivity contribution is 7.92. The first-order valence-corrected chi connectivity index (χ1v) is 10.1. The van der Waals surface area contributed by atoms with Crippen molar-refractivity contribution in [2.24, 2.45) is 0 Å². The molecule has 0 aliphatic carbocycles. The molecule has 2 aromatic rings. The second-order valence-electron chi connectivity index (χ2n) is 6.12. The first-order valence-electron chi connectivity index (χ1n) is 8.64. The summed E-state index contributed by atoms with van der Waals surface area (Å²) >= 11 is 0. The van der Waals surface area contributed by atoms with E-state index in [0.29, 0.717) is 5.56 Å². The van der Waals surface area contributed by atoms with Crippen molar-refractivity contribution in [1.29, 1.82) is 0 Å². The molecule has 0 saturated carbocycles. The molecule has 2 rings (SSSR count). The van der Waals surface area contributed by atoms with Gasteiger partial charge < -0.3 is 9.47 Å². The predicted octanol–water partition coefficient (Wildman–Crippen LogP) is 2.85. The summed E-state index contributed by atoms with van der Waals surface area (Å²) in [5.41, 5.74) is 1.87. The minimum atomic E-state index is -4.07. The maximum atomic E-state index is 13.3. The number of benzene rings is 2. The number of sulfonamides is 1. The fourth-order valence-corrected chi connectivity index (χ4v) is 4.00. The number of rotatable bonds is 7. The Bertz CT molecular complexity index is 967. The smallest absolute Gasteiger partial charge is 0.338 e. The van der Waals surface area contributed by atoms with Crippen LogP contribution in [-0.2, 0) is 24.3 Å². The van der Waals surface area contributed by atoms with Gasteiger partial charge in [0.25, 0.3) is 10.0 Å². The van der Waals surface area contributed by atoms with Crippen LogP contribution in [0.15, 0.2) is 47.4 Å². The van der Waals surface area contributed by atoms with Gasteiger partial charge in [-0.2, -0.15) is 0 Å². The Hall–Kier alpha value is -2.87. The number of hydrogen-bond donors (Lipinski definition) is 0. The first-order chi connectivity index (χ1) is 13.2. The zero-order chi connectivity index (χ0) is 20.9. The van der Waals surface area contributed by atoms with Crippen LogP contribution in [0.3, 0.4) is 0 Å². The van der Waals surface area contributed by atoms with Gasteiger partial charge in [0.05, 0.1) is 29.9 Å². The van der Waals surface area contributed by atoms with Crippen LogP contribution in [0.2, 0.25) is 0 Å². The van der Waals surface area contributed by atoms with Crippen molar-refractivity contribution < 1.29 is 27.5 Å². The quantitative estimate of drug-likeness (QED) is 0.658.